The lowest BCUT2D eigenvalue weighted by molar-refractivity contribution is -0.152. The zero-order valence-corrected chi connectivity index (χ0v) is 13.9. The van der Waals surface area contributed by atoms with Crippen molar-refractivity contribution in [3.8, 4) is 0 Å². The van der Waals surface area contributed by atoms with E-state index in [0.717, 1.165) is 6.42 Å². The molecule has 0 aromatic rings. The van der Waals surface area contributed by atoms with Gasteiger partial charge in [0.05, 0.1) is 5.41 Å². The van der Waals surface area contributed by atoms with Gasteiger partial charge in [-0.1, -0.05) is 13.3 Å². The third-order valence-electron chi connectivity index (χ3n) is 4.15. The molecule has 21 heavy (non-hydrogen) atoms. The highest BCUT2D eigenvalue weighted by Gasteiger charge is 2.42. The Balaban J connectivity index is 2.64. The molecule has 0 aliphatic carbocycles. The molecule has 0 aromatic carbocycles. The predicted molar refractivity (Wildman–Crippen MR) is 82.7 cm³/mol. The van der Waals surface area contributed by atoms with Crippen LogP contribution in [0.4, 0.5) is 4.79 Å². The number of hydrogen-bond donors (Lipinski definition) is 2. The normalized spacial score (nSPS) is 25.2. The number of carboxylic acids is 1. The summed E-state index contributed by atoms with van der Waals surface area (Å²) in [4.78, 5) is 25.3. The van der Waals surface area contributed by atoms with Gasteiger partial charge in [-0.15, -0.1) is 0 Å². The SMILES string of the molecule is CCCC1(C(=O)O)CCCN(C(=O)NCC(C)S(C)=O)C1. The molecule has 0 spiro atoms. The average Bonchev–Trinajstić information content (AvgIpc) is 2.44. The molecule has 2 amide bonds. The van der Waals surface area contributed by atoms with E-state index < -0.39 is 22.2 Å². The number of rotatable bonds is 6. The van der Waals surface area contributed by atoms with Crippen molar-refractivity contribution in [3.05, 3.63) is 0 Å². The van der Waals surface area contributed by atoms with Gasteiger partial charge in [0, 0.05) is 41.9 Å². The molecule has 0 bridgehead atoms. The van der Waals surface area contributed by atoms with Gasteiger partial charge >= 0.3 is 12.0 Å². The van der Waals surface area contributed by atoms with Crippen LogP contribution in [0.3, 0.4) is 0 Å². The highest BCUT2D eigenvalue weighted by molar-refractivity contribution is 7.84. The number of aliphatic carboxylic acids is 1. The second-order valence-electron chi connectivity index (χ2n) is 5.86. The van der Waals surface area contributed by atoms with Crippen LogP contribution >= 0.6 is 0 Å². The molecular weight excluding hydrogens is 292 g/mol. The van der Waals surface area contributed by atoms with Crippen LogP contribution in [0.2, 0.25) is 0 Å². The topological polar surface area (TPSA) is 86.7 Å². The van der Waals surface area contributed by atoms with Crippen LogP contribution in [0.1, 0.15) is 39.5 Å². The summed E-state index contributed by atoms with van der Waals surface area (Å²) in [6.45, 7) is 4.94. The maximum Gasteiger partial charge on any atom is 0.317 e. The minimum absolute atomic E-state index is 0.112. The van der Waals surface area contributed by atoms with Gasteiger partial charge in [-0.25, -0.2) is 4.79 Å². The Morgan fingerprint density at radius 1 is 1.48 bits per heavy atom. The third kappa shape index (κ3) is 4.69. The van der Waals surface area contributed by atoms with Crippen LogP contribution in [0, 0.1) is 5.41 Å². The van der Waals surface area contributed by atoms with Crippen molar-refractivity contribution in [2.75, 3.05) is 25.9 Å². The van der Waals surface area contributed by atoms with Crippen LogP contribution in [-0.2, 0) is 15.6 Å². The Bertz CT molecular complexity index is 412. The summed E-state index contributed by atoms with van der Waals surface area (Å²) < 4.78 is 11.3. The fraction of sp³-hybridized carbons (Fsp3) is 0.857. The molecule has 1 heterocycles. The number of carboxylic acid groups (broad SMARTS) is 1. The van der Waals surface area contributed by atoms with Gasteiger partial charge in [-0.05, 0) is 26.2 Å². The van der Waals surface area contributed by atoms with Gasteiger partial charge in [-0.2, -0.15) is 0 Å². The minimum Gasteiger partial charge on any atom is -0.481 e. The first-order valence-corrected chi connectivity index (χ1v) is 9.03. The van der Waals surface area contributed by atoms with Crippen LogP contribution in [0.15, 0.2) is 0 Å². The van der Waals surface area contributed by atoms with Crippen molar-refractivity contribution in [2.45, 2.75) is 44.8 Å². The average molecular weight is 318 g/mol. The van der Waals surface area contributed by atoms with Crippen LogP contribution in [0.5, 0.6) is 0 Å². The summed E-state index contributed by atoms with van der Waals surface area (Å²) in [5, 5.41) is 12.2. The molecule has 1 aliphatic heterocycles. The summed E-state index contributed by atoms with van der Waals surface area (Å²) in [7, 11) is -0.985. The summed E-state index contributed by atoms with van der Waals surface area (Å²) >= 11 is 0. The molecule has 3 unspecified atom stereocenters. The minimum atomic E-state index is -0.985. The van der Waals surface area contributed by atoms with Gasteiger partial charge in [0.15, 0.2) is 0 Å². The first kappa shape index (κ1) is 17.9. The number of carbonyl (C=O) groups is 2. The number of nitrogens with one attached hydrogen (secondary N) is 1. The first-order valence-electron chi connectivity index (χ1n) is 7.41. The van der Waals surface area contributed by atoms with Crippen molar-refractivity contribution in [3.63, 3.8) is 0 Å². The van der Waals surface area contributed by atoms with E-state index in [1.54, 1.807) is 11.2 Å². The zero-order chi connectivity index (χ0) is 16.0. The summed E-state index contributed by atoms with van der Waals surface area (Å²) in [5.74, 6) is -0.815. The Kier molecular flexibility index (Phi) is 6.64. The van der Waals surface area contributed by atoms with Crippen LogP contribution in [0.25, 0.3) is 0 Å². The molecule has 122 valence electrons. The van der Waals surface area contributed by atoms with Crippen molar-refractivity contribution in [2.24, 2.45) is 5.41 Å². The Morgan fingerprint density at radius 2 is 2.14 bits per heavy atom. The van der Waals surface area contributed by atoms with Crippen molar-refractivity contribution < 1.29 is 18.9 Å². The molecular formula is C14H26N2O4S. The molecule has 1 saturated heterocycles. The second kappa shape index (κ2) is 7.77. The summed E-state index contributed by atoms with van der Waals surface area (Å²) in [6, 6.07) is -0.256. The summed E-state index contributed by atoms with van der Waals surface area (Å²) in [6.07, 6.45) is 4.30. The maximum absolute atomic E-state index is 12.2. The monoisotopic (exact) mass is 318 g/mol. The molecule has 0 aromatic heterocycles. The second-order valence-corrected chi connectivity index (χ2v) is 7.66. The Labute approximate surface area is 128 Å². The molecule has 0 saturated carbocycles. The Morgan fingerprint density at radius 3 is 2.67 bits per heavy atom. The summed E-state index contributed by atoms with van der Waals surface area (Å²) in [5.41, 5.74) is -0.816. The number of likely N-dealkylation sites (tertiary alicyclic amines) is 1. The van der Waals surface area contributed by atoms with Gasteiger partial charge in [0.2, 0.25) is 0 Å². The lowest BCUT2D eigenvalue weighted by Crippen LogP contribution is -2.53. The quantitative estimate of drug-likeness (QED) is 0.775. The highest BCUT2D eigenvalue weighted by Crippen LogP contribution is 2.35. The maximum atomic E-state index is 12.2. The number of piperidine rings is 1. The fourth-order valence-electron chi connectivity index (χ4n) is 2.73. The third-order valence-corrected chi connectivity index (χ3v) is 5.45. The molecule has 1 rings (SSSR count). The van der Waals surface area contributed by atoms with E-state index in [0.29, 0.717) is 32.4 Å². The first-order chi connectivity index (χ1) is 9.82. The Hall–Kier alpha value is -1.11. The number of carbonyl (C=O) groups excluding carboxylic acids is 1. The van der Waals surface area contributed by atoms with E-state index in [2.05, 4.69) is 5.32 Å². The van der Waals surface area contributed by atoms with E-state index >= 15 is 0 Å². The molecule has 1 fully saturated rings. The van der Waals surface area contributed by atoms with E-state index in [4.69, 9.17) is 0 Å². The fourth-order valence-corrected chi connectivity index (χ4v) is 3.05. The van der Waals surface area contributed by atoms with E-state index in [-0.39, 0.29) is 17.8 Å². The lowest BCUT2D eigenvalue weighted by atomic mass is 9.76. The van der Waals surface area contributed by atoms with Crippen LogP contribution < -0.4 is 5.32 Å². The standard InChI is InChI=1S/C14H26N2O4S/c1-4-6-14(12(17)18)7-5-8-16(10-14)13(19)15-9-11(2)21(3)20/h11H,4-10H2,1-3H3,(H,15,19)(H,17,18). The van der Waals surface area contributed by atoms with Gasteiger partial charge in [0.1, 0.15) is 0 Å². The van der Waals surface area contributed by atoms with E-state index in [1.807, 2.05) is 13.8 Å². The molecule has 3 atom stereocenters. The molecule has 0 radical (unpaired) electrons. The predicted octanol–water partition coefficient (Wildman–Crippen LogP) is 1.43. The van der Waals surface area contributed by atoms with Crippen molar-refractivity contribution in [1.82, 2.24) is 10.2 Å². The number of urea groups is 1. The number of nitrogens with zero attached hydrogens (tertiary/aromatic N) is 1. The number of amides is 2. The van der Waals surface area contributed by atoms with Gasteiger partial charge in [0.25, 0.3) is 0 Å². The molecule has 1 aliphatic rings. The van der Waals surface area contributed by atoms with E-state index in [9.17, 15) is 18.9 Å². The van der Waals surface area contributed by atoms with E-state index in [1.165, 1.54) is 0 Å². The molecule has 7 heteroatoms. The highest BCUT2D eigenvalue weighted by atomic mass is 32.2. The van der Waals surface area contributed by atoms with Gasteiger partial charge in [-0.3, -0.25) is 9.00 Å². The molecule has 6 nitrogen and oxygen atoms in total. The smallest absolute Gasteiger partial charge is 0.317 e. The van der Waals surface area contributed by atoms with Crippen molar-refractivity contribution >= 4 is 22.8 Å². The zero-order valence-electron chi connectivity index (χ0n) is 13.1. The van der Waals surface area contributed by atoms with Crippen molar-refractivity contribution in [1.29, 1.82) is 0 Å². The largest absolute Gasteiger partial charge is 0.481 e. The van der Waals surface area contributed by atoms with Gasteiger partial charge < -0.3 is 15.3 Å². The van der Waals surface area contributed by atoms with Crippen LogP contribution in [-0.4, -0.2) is 57.4 Å². The number of hydrogen-bond acceptors (Lipinski definition) is 3. The lowest BCUT2D eigenvalue weighted by Gasteiger charge is -2.39. The molecule has 2 N–H and O–H groups in total.